The maximum atomic E-state index is 12.7. The summed E-state index contributed by atoms with van der Waals surface area (Å²) in [7, 11) is 0. The third-order valence-electron chi connectivity index (χ3n) is 4.43. The fourth-order valence-corrected chi connectivity index (χ4v) is 3.35. The van der Waals surface area contributed by atoms with Crippen LogP contribution in [0.5, 0.6) is 0 Å². The lowest BCUT2D eigenvalue weighted by molar-refractivity contribution is -0.385. The van der Waals surface area contributed by atoms with Crippen LogP contribution >= 0.6 is 23.2 Å². The van der Waals surface area contributed by atoms with Crippen molar-refractivity contribution in [2.24, 2.45) is 0 Å². The average Bonchev–Trinajstić information content (AvgIpc) is 3.21. The van der Waals surface area contributed by atoms with Gasteiger partial charge in [-0.1, -0.05) is 29.3 Å². The van der Waals surface area contributed by atoms with Gasteiger partial charge in [-0.3, -0.25) is 24.3 Å². The minimum atomic E-state index is -0.667. The molecule has 152 valence electrons. The molecule has 0 radical (unpaired) electrons. The van der Waals surface area contributed by atoms with Gasteiger partial charge in [-0.05, 0) is 38.5 Å². The fraction of sp³-hybridized carbons (Fsp3) is 0.278. The number of anilines is 1. The van der Waals surface area contributed by atoms with Crippen LogP contribution in [0.2, 0.25) is 10.0 Å². The standard InChI is InChI=1S/C18H18Cl2N6O3/c1-4-24-9-15(26(28)29)17(23-24)18(27)21-16-10(2)22-25(11(16)3)8-12-5-6-13(19)7-14(12)20/h5-7,9H,4,8H2,1-3H3,(H,21,27). The van der Waals surface area contributed by atoms with Crippen LogP contribution in [-0.4, -0.2) is 30.4 Å². The summed E-state index contributed by atoms with van der Waals surface area (Å²) in [5, 5.41) is 23.4. The first-order valence-corrected chi connectivity index (χ1v) is 9.48. The highest BCUT2D eigenvalue weighted by Crippen LogP contribution is 2.26. The minimum Gasteiger partial charge on any atom is -0.317 e. The number of amides is 1. The van der Waals surface area contributed by atoms with Crippen molar-refractivity contribution < 1.29 is 9.72 Å². The average molecular weight is 437 g/mol. The molecule has 0 bridgehead atoms. The van der Waals surface area contributed by atoms with E-state index in [-0.39, 0.29) is 11.4 Å². The topological polar surface area (TPSA) is 108 Å². The summed E-state index contributed by atoms with van der Waals surface area (Å²) in [5.74, 6) is -0.667. The number of hydrogen-bond donors (Lipinski definition) is 1. The number of nitrogens with zero attached hydrogens (tertiary/aromatic N) is 5. The van der Waals surface area contributed by atoms with Gasteiger partial charge in [0.2, 0.25) is 5.69 Å². The Bertz CT molecular complexity index is 1110. The van der Waals surface area contributed by atoms with Crippen LogP contribution < -0.4 is 5.32 Å². The number of benzene rings is 1. The quantitative estimate of drug-likeness (QED) is 0.459. The molecule has 2 heterocycles. The van der Waals surface area contributed by atoms with E-state index in [1.807, 2.05) is 0 Å². The van der Waals surface area contributed by atoms with E-state index in [0.717, 1.165) is 5.56 Å². The highest BCUT2D eigenvalue weighted by molar-refractivity contribution is 6.35. The molecule has 1 amide bonds. The predicted octanol–water partition coefficient (Wildman–Crippen LogP) is 4.23. The lowest BCUT2D eigenvalue weighted by Crippen LogP contribution is -2.16. The van der Waals surface area contributed by atoms with Crippen molar-refractivity contribution in [3.8, 4) is 0 Å². The van der Waals surface area contributed by atoms with Crippen LogP contribution in [0.25, 0.3) is 0 Å². The Balaban J connectivity index is 1.88. The van der Waals surface area contributed by atoms with Gasteiger partial charge in [-0.2, -0.15) is 10.2 Å². The molecule has 0 aliphatic rings. The summed E-state index contributed by atoms with van der Waals surface area (Å²) < 4.78 is 3.04. The molecule has 0 saturated heterocycles. The Morgan fingerprint density at radius 1 is 1.28 bits per heavy atom. The highest BCUT2D eigenvalue weighted by Gasteiger charge is 2.27. The molecule has 1 aromatic carbocycles. The molecule has 11 heteroatoms. The maximum Gasteiger partial charge on any atom is 0.320 e. The molecule has 2 aromatic heterocycles. The van der Waals surface area contributed by atoms with Gasteiger partial charge < -0.3 is 5.32 Å². The second-order valence-electron chi connectivity index (χ2n) is 6.37. The van der Waals surface area contributed by atoms with Crippen molar-refractivity contribution in [3.63, 3.8) is 0 Å². The molecule has 9 nitrogen and oxygen atoms in total. The molecule has 0 unspecified atom stereocenters. The van der Waals surface area contributed by atoms with Gasteiger partial charge in [0.05, 0.1) is 28.5 Å². The van der Waals surface area contributed by atoms with Crippen molar-refractivity contribution in [1.29, 1.82) is 0 Å². The Labute approximate surface area is 176 Å². The van der Waals surface area contributed by atoms with E-state index < -0.39 is 10.8 Å². The van der Waals surface area contributed by atoms with E-state index >= 15 is 0 Å². The second-order valence-corrected chi connectivity index (χ2v) is 7.21. The smallest absolute Gasteiger partial charge is 0.317 e. The number of aromatic nitrogens is 4. The molecule has 0 atom stereocenters. The van der Waals surface area contributed by atoms with Crippen molar-refractivity contribution >= 4 is 40.5 Å². The van der Waals surface area contributed by atoms with Gasteiger partial charge in [-0.15, -0.1) is 0 Å². The lowest BCUT2D eigenvalue weighted by atomic mass is 10.2. The molecular weight excluding hydrogens is 419 g/mol. The van der Waals surface area contributed by atoms with Crippen molar-refractivity contribution in [2.45, 2.75) is 33.9 Å². The molecule has 3 aromatic rings. The van der Waals surface area contributed by atoms with Crippen LogP contribution in [0.4, 0.5) is 11.4 Å². The Hall–Kier alpha value is -2.91. The molecule has 0 spiro atoms. The highest BCUT2D eigenvalue weighted by atomic mass is 35.5. The molecule has 29 heavy (non-hydrogen) atoms. The Morgan fingerprint density at radius 3 is 2.62 bits per heavy atom. The van der Waals surface area contributed by atoms with Gasteiger partial charge in [-0.25, -0.2) is 0 Å². The number of aryl methyl sites for hydroxylation is 2. The van der Waals surface area contributed by atoms with E-state index in [4.69, 9.17) is 23.2 Å². The molecule has 0 aliphatic carbocycles. The fourth-order valence-electron chi connectivity index (χ4n) is 2.88. The zero-order valence-corrected chi connectivity index (χ0v) is 17.5. The lowest BCUT2D eigenvalue weighted by Gasteiger charge is -2.08. The number of rotatable bonds is 6. The van der Waals surface area contributed by atoms with Gasteiger partial charge >= 0.3 is 5.69 Å². The Morgan fingerprint density at radius 2 is 2.00 bits per heavy atom. The van der Waals surface area contributed by atoms with Gasteiger partial charge in [0, 0.05) is 16.6 Å². The molecule has 3 rings (SSSR count). The number of nitro groups is 1. The monoisotopic (exact) mass is 436 g/mol. The first kappa shape index (κ1) is 20.8. The second kappa shape index (κ2) is 8.22. The minimum absolute atomic E-state index is 0.246. The summed E-state index contributed by atoms with van der Waals surface area (Å²) in [5.41, 5.74) is 1.94. The molecule has 0 fully saturated rings. The van der Waals surface area contributed by atoms with Crippen LogP contribution in [0, 0.1) is 24.0 Å². The number of halogens is 2. The zero-order chi connectivity index (χ0) is 21.3. The number of hydrogen-bond acceptors (Lipinski definition) is 5. The Kier molecular flexibility index (Phi) is 5.90. The van der Waals surface area contributed by atoms with Crippen LogP contribution in [0.3, 0.4) is 0 Å². The maximum absolute atomic E-state index is 12.7. The molecule has 1 N–H and O–H groups in total. The third kappa shape index (κ3) is 4.25. The number of carbonyl (C=O) groups is 1. The van der Waals surface area contributed by atoms with E-state index in [1.54, 1.807) is 43.7 Å². The SMILES string of the molecule is CCn1cc([N+](=O)[O-])c(C(=O)Nc2c(C)nn(Cc3ccc(Cl)cc3Cl)c2C)n1. The van der Waals surface area contributed by atoms with E-state index in [9.17, 15) is 14.9 Å². The molecule has 0 saturated carbocycles. The van der Waals surface area contributed by atoms with Gasteiger partial charge in [0.1, 0.15) is 6.20 Å². The predicted molar refractivity (Wildman–Crippen MR) is 110 cm³/mol. The zero-order valence-electron chi connectivity index (χ0n) is 15.9. The van der Waals surface area contributed by atoms with Crippen molar-refractivity contribution in [1.82, 2.24) is 19.6 Å². The van der Waals surface area contributed by atoms with Crippen molar-refractivity contribution in [2.75, 3.05) is 5.32 Å². The third-order valence-corrected chi connectivity index (χ3v) is 5.02. The van der Waals surface area contributed by atoms with E-state index in [1.165, 1.54) is 10.9 Å². The van der Waals surface area contributed by atoms with Gasteiger partial charge in [0.25, 0.3) is 5.91 Å². The summed E-state index contributed by atoms with van der Waals surface area (Å²) in [6.07, 6.45) is 1.24. The van der Waals surface area contributed by atoms with E-state index in [2.05, 4.69) is 15.5 Å². The normalized spacial score (nSPS) is 10.9. The van der Waals surface area contributed by atoms with E-state index in [0.29, 0.717) is 40.2 Å². The summed E-state index contributed by atoms with van der Waals surface area (Å²) in [4.78, 5) is 23.3. The van der Waals surface area contributed by atoms with Crippen LogP contribution in [0.15, 0.2) is 24.4 Å². The first-order valence-electron chi connectivity index (χ1n) is 8.72. The van der Waals surface area contributed by atoms with Crippen molar-refractivity contribution in [3.05, 3.63) is 67.2 Å². The summed E-state index contributed by atoms with van der Waals surface area (Å²) >= 11 is 12.2. The first-order chi connectivity index (χ1) is 13.7. The molecular formula is C18H18Cl2N6O3. The molecule has 0 aliphatic heterocycles. The number of carbonyl (C=O) groups excluding carboxylic acids is 1. The largest absolute Gasteiger partial charge is 0.320 e. The van der Waals surface area contributed by atoms with Gasteiger partial charge in [0.15, 0.2) is 0 Å². The van der Waals surface area contributed by atoms with Crippen LogP contribution in [-0.2, 0) is 13.1 Å². The summed E-state index contributed by atoms with van der Waals surface area (Å²) in [6, 6.07) is 5.19. The summed E-state index contributed by atoms with van der Waals surface area (Å²) in [6.45, 7) is 6.09. The van der Waals surface area contributed by atoms with Crippen LogP contribution in [0.1, 0.15) is 34.4 Å². The number of nitrogens with one attached hydrogen (secondary N) is 1.